The molecule has 2 aliphatic rings. The van der Waals surface area contributed by atoms with Gasteiger partial charge in [-0.3, -0.25) is 15.2 Å². The van der Waals surface area contributed by atoms with Crippen molar-refractivity contribution in [3.8, 4) is 5.75 Å². The summed E-state index contributed by atoms with van der Waals surface area (Å²) in [5.74, 6) is 0.00105. The maximum atomic E-state index is 13.0. The Balaban J connectivity index is 1.61. The number of carbonyl (C=O) groups is 1. The van der Waals surface area contributed by atoms with Crippen molar-refractivity contribution in [3.05, 3.63) is 58.1 Å². The first kappa shape index (κ1) is 21.0. The molecule has 1 amide bonds. The second-order valence-electron chi connectivity index (χ2n) is 7.64. The van der Waals surface area contributed by atoms with E-state index in [1.807, 2.05) is 17.1 Å². The van der Waals surface area contributed by atoms with Gasteiger partial charge in [0.2, 0.25) is 0 Å². The Labute approximate surface area is 186 Å². The third-order valence-electron chi connectivity index (χ3n) is 5.47. The summed E-state index contributed by atoms with van der Waals surface area (Å²) in [4.78, 5) is 13.0. The van der Waals surface area contributed by atoms with Crippen LogP contribution in [0.3, 0.4) is 0 Å². The quantitative estimate of drug-likeness (QED) is 0.699. The number of amides is 1. The van der Waals surface area contributed by atoms with Gasteiger partial charge < -0.3 is 5.11 Å². The Morgan fingerprint density at radius 3 is 2.40 bits per heavy atom. The molecule has 0 bridgehead atoms. The molecule has 1 saturated heterocycles. The highest BCUT2D eigenvalue weighted by Gasteiger charge is 2.34. The van der Waals surface area contributed by atoms with E-state index in [1.54, 1.807) is 35.3 Å². The lowest BCUT2D eigenvalue weighted by Gasteiger charge is -2.25. The van der Waals surface area contributed by atoms with Gasteiger partial charge in [-0.25, -0.2) is 5.01 Å². The number of phenols is 1. The number of nitrogens with zero attached hydrogens (tertiary/aromatic N) is 3. The molecule has 6 nitrogen and oxygen atoms in total. The lowest BCUT2D eigenvalue weighted by atomic mass is 10.0. The fraction of sp³-hybridized carbons (Fsp3) is 0.364. The number of nitrogens with one attached hydrogen (secondary N) is 1. The first-order valence-electron chi connectivity index (χ1n) is 10.2. The number of carbonyl (C=O) groups excluding carboxylic acids is 1. The van der Waals surface area contributed by atoms with Crippen LogP contribution in [0.15, 0.2) is 47.6 Å². The number of halogens is 2. The van der Waals surface area contributed by atoms with Gasteiger partial charge in [0.05, 0.1) is 16.8 Å². The van der Waals surface area contributed by atoms with E-state index in [9.17, 15) is 9.90 Å². The fourth-order valence-electron chi connectivity index (χ4n) is 3.88. The Morgan fingerprint density at radius 1 is 1.03 bits per heavy atom. The zero-order chi connectivity index (χ0) is 21.1. The summed E-state index contributed by atoms with van der Waals surface area (Å²) in [7, 11) is 0. The number of benzene rings is 2. The number of hydrogen-bond donors (Lipinski definition) is 2. The molecular weight excluding hydrogens is 423 g/mol. The highest BCUT2D eigenvalue weighted by molar-refractivity contribution is 6.40. The number of hydrazone groups is 1. The van der Waals surface area contributed by atoms with Crippen LogP contribution in [0.4, 0.5) is 5.69 Å². The Morgan fingerprint density at radius 2 is 1.73 bits per heavy atom. The van der Waals surface area contributed by atoms with Crippen LogP contribution >= 0.6 is 23.2 Å². The van der Waals surface area contributed by atoms with Gasteiger partial charge in [-0.15, -0.1) is 0 Å². The van der Waals surface area contributed by atoms with Gasteiger partial charge in [-0.05, 0) is 48.7 Å². The van der Waals surface area contributed by atoms with Crippen molar-refractivity contribution in [2.24, 2.45) is 5.10 Å². The van der Waals surface area contributed by atoms with Crippen LogP contribution < -0.4 is 10.4 Å². The molecule has 2 aliphatic heterocycles. The second-order valence-corrected chi connectivity index (χ2v) is 8.48. The summed E-state index contributed by atoms with van der Waals surface area (Å²) in [6.45, 7) is 1.71. The monoisotopic (exact) mass is 446 g/mol. The fourth-order valence-corrected chi connectivity index (χ4v) is 4.38. The van der Waals surface area contributed by atoms with Crippen molar-refractivity contribution < 1.29 is 9.90 Å². The van der Waals surface area contributed by atoms with Gasteiger partial charge in [-0.1, -0.05) is 48.2 Å². The molecule has 0 unspecified atom stereocenters. The highest BCUT2D eigenvalue weighted by Crippen LogP contribution is 2.39. The minimum Gasteiger partial charge on any atom is -0.508 e. The van der Waals surface area contributed by atoms with E-state index in [0.717, 1.165) is 31.5 Å². The third-order valence-corrected chi connectivity index (χ3v) is 6.01. The van der Waals surface area contributed by atoms with E-state index in [4.69, 9.17) is 23.2 Å². The van der Waals surface area contributed by atoms with E-state index < -0.39 is 0 Å². The van der Waals surface area contributed by atoms with Crippen LogP contribution in [-0.2, 0) is 4.79 Å². The van der Waals surface area contributed by atoms with Crippen molar-refractivity contribution >= 4 is 40.5 Å². The molecule has 2 heterocycles. The van der Waals surface area contributed by atoms with Gasteiger partial charge in [-0.2, -0.15) is 5.10 Å². The minimum absolute atomic E-state index is 0.187. The van der Waals surface area contributed by atoms with Crippen molar-refractivity contribution in [2.75, 3.05) is 18.1 Å². The summed E-state index contributed by atoms with van der Waals surface area (Å²) < 4.78 is 0. The summed E-state index contributed by atoms with van der Waals surface area (Å²) >= 11 is 12.5. The summed E-state index contributed by atoms with van der Waals surface area (Å²) in [6.07, 6.45) is 4.98. The van der Waals surface area contributed by atoms with Crippen LogP contribution in [0.5, 0.6) is 5.75 Å². The average molecular weight is 447 g/mol. The topological polar surface area (TPSA) is 68.2 Å². The molecule has 2 aromatic carbocycles. The van der Waals surface area contributed by atoms with Gasteiger partial charge in [0.25, 0.3) is 5.91 Å². The Bertz CT molecular complexity index is 941. The lowest BCUT2D eigenvalue weighted by Crippen LogP contribution is -2.45. The molecule has 0 spiro atoms. The summed E-state index contributed by atoms with van der Waals surface area (Å²) in [5.41, 5.74) is 5.08. The normalized spacial score (nSPS) is 20.0. The zero-order valence-electron chi connectivity index (χ0n) is 16.5. The van der Waals surface area contributed by atoms with Crippen LogP contribution in [0.2, 0.25) is 10.0 Å². The van der Waals surface area contributed by atoms with Gasteiger partial charge >= 0.3 is 0 Å². The second kappa shape index (κ2) is 9.25. The summed E-state index contributed by atoms with van der Waals surface area (Å²) in [6, 6.07) is 11.9. The molecule has 0 radical (unpaired) electrons. The van der Waals surface area contributed by atoms with Gasteiger partial charge in [0, 0.05) is 24.5 Å². The van der Waals surface area contributed by atoms with Crippen LogP contribution in [0, 0.1) is 0 Å². The minimum atomic E-state index is -0.214. The molecule has 2 N–H and O–H groups in total. The Kier molecular flexibility index (Phi) is 6.46. The number of anilines is 1. The number of aromatic hydroxyl groups is 1. The molecule has 0 saturated carbocycles. The van der Waals surface area contributed by atoms with Crippen molar-refractivity contribution in [3.63, 3.8) is 0 Å². The predicted octanol–water partition coefficient (Wildman–Crippen LogP) is 4.91. The Hall–Kier alpha value is -2.28. The molecule has 0 aliphatic carbocycles. The number of phenolic OH excluding ortho intramolecular Hbond substituents is 1. The maximum Gasteiger partial charge on any atom is 0.281 e. The van der Waals surface area contributed by atoms with E-state index in [0.29, 0.717) is 27.9 Å². The molecule has 4 rings (SSSR count). The standard InChI is InChI=1S/C22H24Cl2N4O2/c23-16-7-10-20(18(24)13-16)28-21(15-5-8-17(29)9-6-15)14-19(25-28)22(30)26-27-11-3-1-2-4-12-27/h5-10,13,21,29H,1-4,11-12,14H2,(H,26,30)/t21-/m0/s1. The van der Waals surface area contributed by atoms with Crippen LogP contribution in [0.25, 0.3) is 0 Å². The SMILES string of the molecule is O=C(NN1CCCCCC1)C1=NN(c2ccc(Cl)cc2Cl)[C@H](c2ccc(O)cc2)C1. The average Bonchev–Trinajstić information content (AvgIpc) is 3.00. The molecule has 158 valence electrons. The molecule has 2 aromatic rings. The van der Waals surface area contributed by atoms with Gasteiger partial charge in [0.15, 0.2) is 0 Å². The molecule has 1 fully saturated rings. The number of hydrazine groups is 1. The van der Waals surface area contributed by atoms with E-state index in [-0.39, 0.29) is 17.7 Å². The van der Waals surface area contributed by atoms with E-state index >= 15 is 0 Å². The number of hydrogen-bond acceptors (Lipinski definition) is 5. The molecule has 0 aromatic heterocycles. The smallest absolute Gasteiger partial charge is 0.281 e. The molecule has 1 atom stereocenters. The first-order chi connectivity index (χ1) is 14.5. The van der Waals surface area contributed by atoms with Crippen LogP contribution in [0.1, 0.15) is 43.7 Å². The third kappa shape index (κ3) is 4.72. The van der Waals surface area contributed by atoms with Crippen LogP contribution in [-0.4, -0.2) is 34.8 Å². The highest BCUT2D eigenvalue weighted by atomic mass is 35.5. The van der Waals surface area contributed by atoms with Crippen molar-refractivity contribution in [1.29, 1.82) is 0 Å². The van der Waals surface area contributed by atoms with Gasteiger partial charge in [0.1, 0.15) is 11.5 Å². The van der Waals surface area contributed by atoms with Crippen molar-refractivity contribution in [1.82, 2.24) is 10.4 Å². The van der Waals surface area contributed by atoms with Crippen molar-refractivity contribution in [2.45, 2.75) is 38.1 Å². The van der Waals surface area contributed by atoms with E-state index in [2.05, 4.69) is 10.5 Å². The van der Waals surface area contributed by atoms with E-state index in [1.165, 1.54) is 12.8 Å². The number of rotatable bonds is 4. The largest absolute Gasteiger partial charge is 0.508 e. The first-order valence-corrected chi connectivity index (χ1v) is 10.9. The zero-order valence-corrected chi connectivity index (χ0v) is 18.0. The maximum absolute atomic E-state index is 13.0. The predicted molar refractivity (Wildman–Crippen MR) is 120 cm³/mol. The summed E-state index contributed by atoms with van der Waals surface area (Å²) in [5, 5.41) is 19.0. The molecular formula is C22H24Cl2N4O2. The molecule has 30 heavy (non-hydrogen) atoms. The lowest BCUT2D eigenvalue weighted by molar-refractivity contribution is -0.119. The molecule has 8 heteroatoms.